The molecular weight excluding hydrogens is 470 g/mol. The van der Waals surface area contributed by atoms with Crippen LogP contribution in [0, 0.1) is 0 Å². The van der Waals surface area contributed by atoms with Gasteiger partial charge in [-0.25, -0.2) is 9.97 Å². The van der Waals surface area contributed by atoms with Crippen LogP contribution in [0.2, 0.25) is 0 Å². The van der Waals surface area contributed by atoms with Gasteiger partial charge in [0.25, 0.3) is 10.0 Å². The van der Waals surface area contributed by atoms with E-state index in [4.69, 9.17) is 9.84 Å². The Labute approximate surface area is 200 Å². The molecule has 0 aliphatic rings. The minimum Gasteiger partial charge on any atom is -0.495 e. The third-order valence-electron chi connectivity index (χ3n) is 5.68. The van der Waals surface area contributed by atoms with Crippen LogP contribution in [-0.4, -0.2) is 50.3 Å². The van der Waals surface area contributed by atoms with E-state index in [0.717, 1.165) is 20.7 Å². The lowest BCUT2D eigenvalue weighted by molar-refractivity contribution is -0.136. The number of ether oxygens (including phenoxy) is 1. The number of rotatable bonds is 8. The lowest BCUT2D eigenvalue weighted by atomic mass is 10.2. The Kier molecular flexibility index (Phi) is 5.69. The fourth-order valence-corrected chi connectivity index (χ4v) is 5.17. The van der Waals surface area contributed by atoms with Crippen LogP contribution in [0.25, 0.3) is 22.1 Å². The zero-order valence-electron chi connectivity index (χ0n) is 18.7. The Morgan fingerprint density at radius 2 is 1.89 bits per heavy atom. The number of carboxylic acid groups (broad SMARTS) is 1. The monoisotopic (exact) mass is 491 g/mol. The van der Waals surface area contributed by atoms with E-state index >= 15 is 0 Å². The molecule has 4 heterocycles. The molecule has 0 atom stereocenters. The van der Waals surface area contributed by atoms with Gasteiger partial charge in [0.15, 0.2) is 5.65 Å². The summed E-state index contributed by atoms with van der Waals surface area (Å²) in [4.78, 5) is 19.8. The first kappa shape index (κ1) is 22.5. The highest BCUT2D eigenvalue weighted by Crippen LogP contribution is 2.26. The number of hydrogen-bond acceptors (Lipinski definition) is 7. The summed E-state index contributed by atoms with van der Waals surface area (Å²) in [5, 5.41) is 14.8. The van der Waals surface area contributed by atoms with Crippen LogP contribution in [-0.2, 0) is 27.8 Å². The molecule has 1 N–H and O–H groups in total. The number of carboxylic acids is 1. The Bertz CT molecular complexity index is 1660. The number of fused-ring (bicyclic) bond motifs is 2. The number of methoxy groups -OCH3 is 1. The first-order chi connectivity index (χ1) is 16.9. The molecule has 0 aliphatic heterocycles. The molecule has 0 bridgehead atoms. The van der Waals surface area contributed by atoms with Crippen LogP contribution >= 0.6 is 0 Å². The molecule has 0 amide bonds. The number of aryl methyl sites for hydroxylation is 1. The first-order valence-corrected chi connectivity index (χ1v) is 12.2. The number of aliphatic carboxylic acids is 1. The third-order valence-corrected chi connectivity index (χ3v) is 7.26. The van der Waals surface area contributed by atoms with Crippen LogP contribution in [0.3, 0.4) is 0 Å². The number of nitrogens with zero attached hydrogens (tertiary/aromatic N) is 5. The first-order valence-electron chi connectivity index (χ1n) is 10.7. The minimum atomic E-state index is -4.08. The summed E-state index contributed by atoms with van der Waals surface area (Å²) in [7, 11) is -2.61. The van der Waals surface area contributed by atoms with Crippen molar-refractivity contribution >= 4 is 38.1 Å². The topological polar surface area (TPSA) is 129 Å². The summed E-state index contributed by atoms with van der Waals surface area (Å²) in [5.41, 5.74) is 2.19. The van der Waals surface area contributed by atoms with E-state index in [-0.39, 0.29) is 23.4 Å². The number of aromatic nitrogens is 5. The van der Waals surface area contributed by atoms with Crippen molar-refractivity contribution in [1.29, 1.82) is 0 Å². The van der Waals surface area contributed by atoms with Crippen molar-refractivity contribution in [3.63, 3.8) is 0 Å². The molecule has 5 aromatic rings. The molecule has 5 rings (SSSR count). The van der Waals surface area contributed by atoms with Crippen molar-refractivity contribution < 1.29 is 23.1 Å². The second-order valence-corrected chi connectivity index (χ2v) is 9.71. The summed E-state index contributed by atoms with van der Waals surface area (Å²) in [6.45, 7) is 0.534. The number of pyridine rings is 2. The summed E-state index contributed by atoms with van der Waals surface area (Å²) in [6.07, 6.45) is 4.94. The van der Waals surface area contributed by atoms with E-state index in [1.165, 1.54) is 25.4 Å². The predicted molar refractivity (Wildman–Crippen MR) is 128 cm³/mol. The van der Waals surface area contributed by atoms with Gasteiger partial charge in [0.1, 0.15) is 11.4 Å². The number of carbonyl (C=O) groups is 1. The van der Waals surface area contributed by atoms with E-state index in [9.17, 15) is 13.2 Å². The maximum absolute atomic E-state index is 13.5. The zero-order valence-corrected chi connectivity index (χ0v) is 19.5. The Hall–Kier alpha value is -4.25. The van der Waals surface area contributed by atoms with E-state index in [1.54, 1.807) is 24.4 Å². The average molecular weight is 492 g/mol. The smallest absolute Gasteiger partial charge is 0.303 e. The van der Waals surface area contributed by atoms with Crippen LogP contribution in [0.15, 0.2) is 72.0 Å². The number of benzene rings is 1. The summed E-state index contributed by atoms with van der Waals surface area (Å²) >= 11 is 0. The van der Waals surface area contributed by atoms with Crippen molar-refractivity contribution in [2.24, 2.45) is 0 Å². The van der Waals surface area contributed by atoms with Crippen molar-refractivity contribution in [2.45, 2.75) is 24.3 Å². The third kappa shape index (κ3) is 4.21. The van der Waals surface area contributed by atoms with Gasteiger partial charge in [-0.2, -0.15) is 13.5 Å². The average Bonchev–Trinajstić information content (AvgIpc) is 3.44. The van der Waals surface area contributed by atoms with Gasteiger partial charge in [-0.3, -0.25) is 4.79 Å². The van der Waals surface area contributed by atoms with Gasteiger partial charge in [0, 0.05) is 36.1 Å². The van der Waals surface area contributed by atoms with Crippen LogP contribution in [0.1, 0.15) is 17.7 Å². The summed E-state index contributed by atoms with van der Waals surface area (Å²) < 4.78 is 35.0. The van der Waals surface area contributed by atoms with Gasteiger partial charge in [-0.1, -0.05) is 12.1 Å². The fourth-order valence-electron chi connectivity index (χ4n) is 3.91. The van der Waals surface area contributed by atoms with Crippen molar-refractivity contribution in [1.82, 2.24) is 23.7 Å². The molecule has 0 unspecified atom stereocenters. The van der Waals surface area contributed by atoms with Crippen molar-refractivity contribution in [2.75, 3.05) is 7.11 Å². The van der Waals surface area contributed by atoms with Gasteiger partial charge in [-0.05, 0) is 42.0 Å². The van der Waals surface area contributed by atoms with E-state index in [2.05, 4.69) is 15.1 Å². The highest BCUT2D eigenvalue weighted by molar-refractivity contribution is 7.90. The van der Waals surface area contributed by atoms with Crippen molar-refractivity contribution in [3.8, 4) is 5.75 Å². The molecule has 0 saturated heterocycles. The number of hydrogen-bond donors (Lipinski definition) is 1. The van der Waals surface area contributed by atoms with Gasteiger partial charge in [0.05, 0.1) is 30.3 Å². The highest BCUT2D eigenvalue weighted by Gasteiger charge is 2.24. The second-order valence-electron chi connectivity index (χ2n) is 7.94. The van der Waals surface area contributed by atoms with E-state index < -0.39 is 16.0 Å². The van der Waals surface area contributed by atoms with Crippen LogP contribution in [0.5, 0.6) is 5.75 Å². The predicted octanol–water partition coefficient (Wildman–Crippen LogP) is 3.09. The fraction of sp³-hybridized carbons (Fsp3) is 0.167. The molecule has 4 aromatic heterocycles. The van der Waals surface area contributed by atoms with E-state index in [1.807, 2.05) is 29.0 Å². The van der Waals surface area contributed by atoms with Gasteiger partial charge in [0.2, 0.25) is 0 Å². The van der Waals surface area contributed by atoms with Crippen LogP contribution in [0.4, 0.5) is 0 Å². The quantitative estimate of drug-likeness (QED) is 0.351. The molecule has 1 aromatic carbocycles. The zero-order chi connectivity index (χ0) is 24.6. The SMILES string of the molecule is COc1cnc2c(c1)c(CCC(=O)O)nn2S(=O)(=O)c1ccc(Cn2ccc3cccnc32)cc1. The molecule has 0 fully saturated rings. The second kappa shape index (κ2) is 8.84. The van der Waals surface area contributed by atoms with Crippen LogP contribution < -0.4 is 4.74 Å². The highest BCUT2D eigenvalue weighted by atomic mass is 32.2. The standard InChI is InChI=1S/C24H21N5O5S/c1-34-18-13-20-21(8-9-22(30)31)27-29(24(20)26-14-18)35(32,33)19-6-4-16(5-7-19)15-28-12-10-17-3-2-11-25-23(17)28/h2-7,10-14H,8-9,15H2,1H3,(H,30,31). The van der Waals surface area contributed by atoms with E-state index in [0.29, 0.717) is 23.4 Å². The molecule has 0 saturated carbocycles. The summed E-state index contributed by atoms with van der Waals surface area (Å²) in [5.74, 6) is -0.588. The van der Waals surface area contributed by atoms with Gasteiger partial charge in [-0.15, -0.1) is 4.09 Å². The molecular formula is C24H21N5O5S. The maximum Gasteiger partial charge on any atom is 0.303 e. The van der Waals surface area contributed by atoms with Gasteiger partial charge >= 0.3 is 5.97 Å². The molecule has 0 aliphatic carbocycles. The maximum atomic E-state index is 13.5. The normalized spacial score (nSPS) is 11.8. The summed E-state index contributed by atoms with van der Waals surface area (Å²) in [6, 6.07) is 14.0. The molecule has 11 heteroatoms. The van der Waals surface area contributed by atoms with Gasteiger partial charge < -0.3 is 14.4 Å². The van der Waals surface area contributed by atoms with Crippen molar-refractivity contribution in [3.05, 3.63) is 78.4 Å². The lowest BCUT2D eigenvalue weighted by Gasteiger charge is -2.08. The molecule has 178 valence electrons. The Morgan fingerprint density at radius 3 is 2.63 bits per heavy atom. The molecule has 0 radical (unpaired) electrons. The minimum absolute atomic E-state index is 0.0449. The molecule has 10 nitrogen and oxygen atoms in total. The lowest BCUT2D eigenvalue weighted by Crippen LogP contribution is -2.15. The molecule has 0 spiro atoms. The largest absolute Gasteiger partial charge is 0.495 e. The molecule has 35 heavy (non-hydrogen) atoms. The Morgan fingerprint density at radius 1 is 1.09 bits per heavy atom. The Balaban J connectivity index is 1.49.